The summed E-state index contributed by atoms with van der Waals surface area (Å²) in [7, 11) is -4.76. The number of rotatable bonds is 58. The van der Waals surface area contributed by atoms with Gasteiger partial charge in [0.15, 0.2) is 6.10 Å². The summed E-state index contributed by atoms with van der Waals surface area (Å²) in [6.07, 6.45) is 69.5. The van der Waals surface area contributed by atoms with Crippen LogP contribution in [0, 0.1) is 0 Å². The number of aliphatic hydroxyl groups excluding tert-OH is 1. The summed E-state index contributed by atoms with van der Waals surface area (Å²) >= 11 is 0. The molecule has 0 saturated heterocycles. The lowest BCUT2D eigenvalue weighted by Crippen LogP contribution is -2.30. The average molecular weight is 1120 g/mol. The molecule has 12 heteroatoms. The molecule has 0 fully saturated rings. The van der Waals surface area contributed by atoms with Gasteiger partial charge in [-0.2, -0.15) is 0 Å². The molecule has 0 aromatic rings. The van der Waals surface area contributed by atoms with Crippen LogP contribution in [0.15, 0.2) is 85.1 Å². The van der Waals surface area contributed by atoms with Crippen LogP contribution in [-0.2, 0) is 42.2 Å². The van der Waals surface area contributed by atoms with Crippen molar-refractivity contribution < 1.29 is 52.2 Å². The van der Waals surface area contributed by atoms with Gasteiger partial charge in [0.1, 0.15) is 12.7 Å². The zero-order valence-electron chi connectivity index (χ0n) is 49.9. The van der Waals surface area contributed by atoms with Gasteiger partial charge < -0.3 is 24.2 Å². The molecule has 0 amide bonds. The molecule has 0 aromatic heterocycles. The van der Waals surface area contributed by atoms with Crippen LogP contribution in [0.2, 0.25) is 0 Å². The van der Waals surface area contributed by atoms with Crippen LogP contribution in [0.1, 0.15) is 278 Å². The van der Waals surface area contributed by atoms with Crippen molar-refractivity contribution in [2.24, 2.45) is 0 Å². The van der Waals surface area contributed by atoms with Crippen molar-refractivity contribution in [3.63, 3.8) is 0 Å². The lowest BCUT2D eigenvalue weighted by Gasteiger charge is -2.21. The van der Waals surface area contributed by atoms with Crippen LogP contribution < -0.4 is 0 Å². The lowest BCUT2D eigenvalue weighted by atomic mass is 10.1. The number of phosphoric ester groups is 1. The highest BCUT2D eigenvalue weighted by atomic mass is 31.2. The van der Waals surface area contributed by atoms with Gasteiger partial charge in [0.2, 0.25) is 0 Å². The number of ether oxygens (including phenoxy) is 3. The first kappa shape index (κ1) is 74.7. The largest absolute Gasteiger partial charge is 0.472 e. The highest BCUT2D eigenvalue weighted by Crippen LogP contribution is 2.43. The van der Waals surface area contributed by atoms with Crippen LogP contribution in [0.25, 0.3) is 0 Å². The van der Waals surface area contributed by atoms with Crippen molar-refractivity contribution in [1.82, 2.24) is 0 Å². The highest BCUT2D eigenvalue weighted by Gasteiger charge is 2.28. The Hall–Kier alpha value is -3.34. The van der Waals surface area contributed by atoms with Crippen LogP contribution in [0.5, 0.6) is 0 Å². The summed E-state index contributed by atoms with van der Waals surface area (Å²) in [6.45, 7) is 4.55. The van der Waals surface area contributed by atoms with Gasteiger partial charge >= 0.3 is 25.7 Å². The topological polar surface area (TPSA) is 155 Å². The van der Waals surface area contributed by atoms with Crippen molar-refractivity contribution in [3.05, 3.63) is 85.1 Å². The second-order valence-corrected chi connectivity index (χ2v) is 22.3. The molecule has 0 rings (SSSR count). The molecule has 0 heterocycles. The van der Waals surface area contributed by atoms with Crippen molar-refractivity contribution in [2.75, 3.05) is 26.4 Å². The van der Waals surface area contributed by atoms with E-state index in [4.69, 9.17) is 23.3 Å². The summed E-state index contributed by atoms with van der Waals surface area (Å²) in [5.41, 5.74) is 0. The molecule has 0 radical (unpaired) electrons. The molecule has 3 atom stereocenters. The molecule has 0 aromatic carbocycles. The Balaban J connectivity index is 4.76. The van der Waals surface area contributed by atoms with E-state index in [1.54, 1.807) is 0 Å². The van der Waals surface area contributed by atoms with E-state index < -0.39 is 57.8 Å². The minimum atomic E-state index is -4.76. The molecule has 450 valence electrons. The smallest absolute Gasteiger partial charge is 0.462 e. The predicted molar refractivity (Wildman–Crippen MR) is 325 cm³/mol. The Morgan fingerprint density at radius 1 is 0.359 bits per heavy atom. The standard InChI is InChI=1S/C66H115O11P/c1-4-7-10-13-16-19-22-25-28-30-31-33-35-37-40-43-46-49-52-55-64(68)73-59-63(77-66(70)57-54-51-48-45-42-39-36-32-29-26-23-20-17-14-11-8-5-2)61-75-78(71,72)74-60-62(58-67)76-65(69)56-53-50-47-44-41-38-34-27-24-21-18-15-12-9-6-3/h16-21,25-29,31,33-34,62-63,67H,4-15,22-24,30,32,35-61H2,1-3H3,(H,71,72)/b19-16-,20-17-,21-18-,28-25-,29-26-,33-31-,34-27-. The minimum absolute atomic E-state index is 0.152. The first-order valence-electron chi connectivity index (χ1n) is 31.5. The van der Waals surface area contributed by atoms with Crippen molar-refractivity contribution in [2.45, 2.75) is 290 Å². The van der Waals surface area contributed by atoms with Gasteiger partial charge in [-0.05, 0) is 122 Å². The fourth-order valence-corrected chi connectivity index (χ4v) is 9.21. The number of carbonyl (C=O) groups is 3. The van der Waals surface area contributed by atoms with Crippen LogP contribution in [0.4, 0.5) is 0 Å². The molecular weight excluding hydrogens is 1000 g/mol. The third-order valence-corrected chi connectivity index (χ3v) is 14.2. The van der Waals surface area contributed by atoms with Crippen molar-refractivity contribution >= 4 is 25.7 Å². The SMILES string of the molecule is CCCCC/C=C\C/C=C\C/C=C\CCCCCCCCC(=O)OCC(COP(=O)(O)OCC(CO)OC(=O)CCCCCCC/C=C\C/C=C\CCCCC)OC(=O)CCCCCCCCC/C=C\C/C=C\CCCCC. The molecular formula is C66H115O11P. The van der Waals surface area contributed by atoms with Gasteiger partial charge in [0, 0.05) is 19.3 Å². The maximum atomic E-state index is 12.9. The normalized spacial score (nSPS) is 13.9. The molecule has 11 nitrogen and oxygen atoms in total. The van der Waals surface area contributed by atoms with Crippen LogP contribution in [0.3, 0.4) is 0 Å². The summed E-state index contributed by atoms with van der Waals surface area (Å²) in [4.78, 5) is 48.7. The Labute approximate surface area is 477 Å². The number of esters is 3. The maximum Gasteiger partial charge on any atom is 0.472 e. The Bertz CT molecular complexity index is 1630. The quantitative estimate of drug-likeness (QED) is 0.0197. The van der Waals surface area contributed by atoms with E-state index >= 15 is 0 Å². The van der Waals surface area contributed by atoms with E-state index in [1.165, 1.54) is 83.5 Å². The number of carbonyl (C=O) groups excluding carboxylic acids is 3. The van der Waals surface area contributed by atoms with E-state index in [-0.39, 0.29) is 25.9 Å². The summed E-state index contributed by atoms with van der Waals surface area (Å²) in [6, 6.07) is 0. The number of hydrogen-bond donors (Lipinski definition) is 2. The van der Waals surface area contributed by atoms with E-state index in [2.05, 4.69) is 106 Å². The summed E-state index contributed by atoms with van der Waals surface area (Å²) < 4.78 is 39.6. The van der Waals surface area contributed by atoms with Gasteiger partial charge in [0.25, 0.3) is 0 Å². The van der Waals surface area contributed by atoms with Crippen LogP contribution >= 0.6 is 7.82 Å². The fourth-order valence-electron chi connectivity index (χ4n) is 8.42. The van der Waals surface area contributed by atoms with E-state index in [1.807, 2.05) is 0 Å². The molecule has 3 unspecified atom stereocenters. The fraction of sp³-hybridized carbons (Fsp3) is 0.742. The van der Waals surface area contributed by atoms with Gasteiger partial charge in [-0.25, -0.2) is 4.57 Å². The predicted octanol–water partition coefficient (Wildman–Crippen LogP) is 19.0. The molecule has 0 bridgehead atoms. The molecule has 0 spiro atoms. The molecule has 2 N–H and O–H groups in total. The number of allylic oxidation sites excluding steroid dienone is 14. The highest BCUT2D eigenvalue weighted by molar-refractivity contribution is 7.47. The lowest BCUT2D eigenvalue weighted by molar-refractivity contribution is -0.161. The molecule has 0 saturated carbocycles. The Kier molecular flexibility index (Phi) is 57.2. The first-order valence-corrected chi connectivity index (χ1v) is 33.0. The first-order chi connectivity index (χ1) is 38.2. The number of hydrogen-bond acceptors (Lipinski definition) is 10. The van der Waals surface area contributed by atoms with Gasteiger partial charge in [0.05, 0.1) is 19.8 Å². The second kappa shape index (κ2) is 59.8. The number of unbranched alkanes of at least 4 members (excludes halogenated alkanes) is 27. The van der Waals surface area contributed by atoms with E-state index in [9.17, 15) is 28.9 Å². The van der Waals surface area contributed by atoms with Crippen LogP contribution in [-0.4, -0.2) is 66.5 Å². The minimum Gasteiger partial charge on any atom is -0.462 e. The Morgan fingerprint density at radius 2 is 0.628 bits per heavy atom. The number of phosphoric acid groups is 1. The molecule has 0 aliphatic heterocycles. The molecule has 78 heavy (non-hydrogen) atoms. The van der Waals surface area contributed by atoms with Crippen molar-refractivity contribution in [1.29, 1.82) is 0 Å². The van der Waals surface area contributed by atoms with E-state index in [0.717, 1.165) is 135 Å². The third-order valence-electron chi connectivity index (χ3n) is 13.3. The van der Waals surface area contributed by atoms with Gasteiger partial charge in [-0.3, -0.25) is 23.4 Å². The Morgan fingerprint density at radius 3 is 0.962 bits per heavy atom. The van der Waals surface area contributed by atoms with E-state index in [0.29, 0.717) is 19.3 Å². The third kappa shape index (κ3) is 57.3. The molecule has 0 aliphatic carbocycles. The second-order valence-electron chi connectivity index (χ2n) is 20.9. The van der Waals surface area contributed by atoms with Crippen molar-refractivity contribution in [3.8, 4) is 0 Å². The summed E-state index contributed by atoms with van der Waals surface area (Å²) in [5.74, 6) is -1.50. The molecule has 0 aliphatic rings. The van der Waals surface area contributed by atoms with Gasteiger partial charge in [-0.1, -0.05) is 221 Å². The monoisotopic (exact) mass is 1110 g/mol. The average Bonchev–Trinajstić information content (AvgIpc) is 3.43. The zero-order valence-corrected chi connectivity index (χ0v) is 50.8. The zero-order chi connectivity index (χ0) is 56.9. The summed E-state index contributed by atoms with van der Waals surface area (Å²) in [5, 5.41) is 9.84. The maximum absolute atomic E-state index is 12.9. The van der Waals surface area contributed by atoms with Gasteiger partial charge in [-0.15, -0.1) is 0 Å². The number of aliphatic hydroxyl groups is 1.